The van der Waals surface area contributed by atoms with Crippen molar-refractivity contribution >= 4 is 34.9 Å². The third-order valence-corrected chi connectivity index (χ3v) is 10.2. The Hall–Kier alpha value is -2.54. The fourth-order valence-electron chi connectivity index (χ4n) is 7.34. The Kier molecular flexibility index (Phi) is 7.74. The van der Waals surface area contributed by atoms with E-state index in [0.29, 0.717) is 39.7 Å². The maximum atomic E-state index is 13.5. The van der Waals surface area contributed by atoms with Gasteiger partial charge in [-0.1, -0.05) is 65.8 Å². The zero-order valence-corrected chi connectivity index (χ0v) is 24.8. The molecule has 2 bridgehead atoms. The molecule has 1 aromatic heterocycles. The molecule has 2 saturated carbocycles. The molecular formula is C33H37Cl2N3O3. The summed E-state index contributed by atoms with van der Waals surface area (Å²) in [6.45, 7) is 0.399. The fraction of sp³-hybridized carbons (Fsp3) is 0.515. The molecular weight excluding hydrogens is 557 g/mol. The molecule has 2 aliphatic heterocycles. The van der Waals surface area contributed by atoms with Crippen molar-refractivity contribution < 1.29 is 14.1 Å². The smallest absolute Gasteiger partial charge is 0.322 e. The molecule has 3 heterocycles. The average molecular weight is 595 g/mol. The van der Waals surface area contributed by atoms with Crippen LogP contribution in [0.1, 0.15) is 99.4 Å². The van der Waals surface area contributed by atoms with Crippen molar-refractivity contribution in [3.63, 3.8) is 0 Å². The number of benzene rings is 2. The highest BCUT2D eigenvalue weighted by Gasteiger charge is 2.44. The van der Waals surface area contributed by atoms with E-state index in [0.717, 1.165) is 55.5 Å². The van der Waals surface area contributed by atoms with Gasteiger partial charge in [-0.2, -0.15) is 0 Å². The van der Waals surface area contributed by atoms with E-state index in [9.17, 15) is 4.79 Å². The largest absolute Gasteiger partial charge is 0.373 e. The number of fused-ring (bicyclic) bond motifs is 2. The van der Waals surface area contributed by atoms with Gasteiger partial charge in [-0.25, -0.2) is 4.79 Å². The number of ether oxygens (including phenoxy) is 1. The van der Waals surface area contributed by atoms with Gasteiger partial charge in [0.2, 0.25) is 0 Å². The second-order valence-corrected chi connectivity index (χ2v) is 13.1. The molecule has 0 spiro atoms. The number of hydrogen-bond donors (Lipinski definition) is 1. The summed E-state index contributed by atoms with van der Waals surface area (Å²) in [4.78, 5) is 15.6. The molecule has 6 nitrogen and oxygen atoms in total. The van der Waals surface area contributed by atoms with Crippen molar-refractivity contribution in [3.05, 3.63) is 69.4 Å². The van der Waals surface area contributed by atoms with Crippen molar-refractivity contribution in [1.82, 2.24) is 10.1 Å². The number of carbonyl (C=O) groups is 1. The number of hydrogen-bond acceptors (Lipinski definition) is 4. The van der Waals surface area contributed by atoms with Gasteiger partial charge in [0.05, 0.1) is 22.8 Å². The lowest BCUT2D eigenvalue weighted by molar-refractivity contribution is -0.0158. The van der Waals surface area contributed by atoms with Crippen LogP contribution >= 0.6 is 23.2 Å². The monoisotopic (exact) mass is 593 g/mol. The molecule has 0 radical (unpaired) electrons. The van der Waals surface area contributed by atoms with E-state index in [1.54, 1.807) is 0 Å². The molecule has 3 atom stereocenters. The molecule has 2 amide bonds. The Balaban J connectivity index is 1.01. The number of urea groups is 1. The maximum Gasteiger partial charge on any atom is 0.322 e. The molecule has 2 aliphatic carbocycles. The molecule has 3 aromatic rings. The molecule has 4 fully saturated rings. The molecule has 2 aromatic carbocycles. The summed E-state index contributed by atoms with van der Waals surface area (Å²) in [5, 5.41) is 8.73. The van der Waals surface area contributed by atoms with Crippen molar-refractivity contribution in [1.29, 1.82) is 0 Å². The predicted octanol–water partition coefficient (Wildman–Crippen LogP) is 9.32. The normalized spacial score (nSPS) is 24.5. The summed E-state index contributed by atoms with van der Waals surface area (Å²) < 4.78 is 12.4. The van der Waals surface area contributed by atoms with Crippen LogP contribution in [-0.2, 0) is 11.3 Å². The molecule has 41 heavy (non-hydrogen) atoms. The van der Waals surface area contributed by atoms with Gasteiger partial charge in [-0.05, 0) is 87.1 Å². The minimum atomic E-state index is 0.0162. The number of rotatable bonds is 7. The highest BCUT2D eigenvalue weighted by atomic mass is 35.5. The summed E-state index contributed by atoms with van der Waals surface area (Å²) in [7, 11) is 0. The van der Waals surface area contributed by atoms with Gasteiger partial charge in [-0.3, -0.25) is 0 Å². The second kappa shape index (κ2) is 11.6. The summed E-state index contributed by atoms with van der Waals surface area (Å²) in [6, 6.07) is 14.4. The summed E-state index contributed by atoms with van der Waals surface area (Å²) in [5.41, 5.74) is 4.59. The lowest BCUT2D eigenvalue weighted by atomic mass is 9.84. The zero-order valence-electron chi connectivity index (χ0n) is 23.3. The van der Waals surface area contributed by atoms with Crippen LogP contribution in [0.15, 0.2) is 47.0 Å². The highest BCUT2D eigenvalue weighted by molar-refractivity contribution is 6.39. The summed E-state index contributed by atoms with van der Waals surface area (Å²) in [6.07, 6.45) is 12.4. The first-order valence-corrected chi connectivity index (χ1v) is 16.0. The third-order valence-electron chi connectivity index (χ3n) is 9.57. The summed E-state index contributed by atoms with van der Waals surface area (Å²) >= 11 is 13.1. The van der Waals surface area contributed by atoms with Crippen LogP contribution in [0.2, 0.25) is 10.0 Å². The molecule has 2 unspecified atom stereocenters. The summed E-state index contributed by atoms with van der Waals surface area (Å²) in [5.74, 6) is 1.89. The zero-order chi connectivity index (χ0) is 27.9. The number of nitrogens with zero attached hydrogens (tertiary/aromatic N) is 2. The quantitative estimate of drug-likeness (QED) is 0.296. The van der Waals surface area contributed by atoms with E-state index < -0.39 is 0 Å². The van der Waals surface area contributed by atoms with Gasteiger partial charge in [0.15, 0.2) is 0 Å². The van der Waals surface area contributed by atoms with Crippen LogP contribution < -0.4 is 5.32 Å². The standard InChI is InChI=1S/C33H37Cl2N3O3/c34-28-10-5-11-29(35)30(28)31-27(32(41-37-31)21-12-13-21)19-40-26-17-24-14-15-25(18-26)38(24)33(39)36-23-9-4-8-22(16-23)20-6-2-1-3-7-20/h4-5,8-11,16,20-21,24-26H,1-3,6-7,12-15,17-19H2,(H,36,39)/t24-,25?,26?/m0/s1. The molecule has 4 aliphatic rings. The van der Waals surface area contributed by atoms with Gasteiger partial charge in [-0.15, -0.1) is 0 Å². The van der Waals surface area contributed by atoms with Crippen molar-refractivity contribution in [2.45, 2.75) is 107 Å². The number of halogens is 2. The fourth-order valence-corrected chi connectivity index (χ4v) is 7.91. The van der Waals surface area contributed by atoms with Crippen LogP contribution in [0.5, 0.6) is 0 Å². The Morgan fingerprint density at radius 3 is 2.34 bits per heavy atom. The van der Waals surface area contributed by atoms with E-state index in [1.807, 2.05) is 24.3 Å². The SMILES string of the molecule is O=C(Nc1cccc(C2CCCCC2)c1)N1C2CC[C@H]1CC(OCc1c(-c3c(Cl)cccc3Cl)noc1C1CC1)C2. The highest BCUT2D eigenvalue weighted by Crippen LogP contribution is 2.46. The van der Waals surface area contributed by atoms with Gasteiger partial charge >= 0.3 is 6.03 Å². The topological polar surface area (TPSA) is 67.6 Å². The van der Waals surface area contributed by atoms with Crippen LogP contribution in [0.25, 0.3) is 11.3 Å². The molecule has 216 valence electrons. The van der Waals surface area contributed by atoms with E-state index in [-0.39, 0.29) is 24.2 Å². The number of carbonyl (C=O) groups excluding carboxylic acids is 1. The Morgan fingerprint density at radius 2 is 1.63 bits per heavy atom. The minimum absolute atomic E-state index is 0.0162. The lowest BCUT2D eigenvalue weighted by Gasteiger charge is -2.38. The van der Waals surface area contributed by atoms with Crippen molar-refractivity contribution in [2.75, 3.05) is 5.32 Å². The average Bonchev–Trinajstić information content (AvgIpc) is 3.68. The molecule has 2 saturated heterocycles. The Bertz CT molecular complexity index is 1380. The second-order valence-electron chi connectivity index (χ2n) is 12.3. The Labute approximate surface area is 251 Å². The van der Waals surface area contributed by atoms with Crippen LogP contribution in [-0.4, -0.2) is 34.3 Å². The molecule has 1 N–H and O–H groups in total. The number of nitrogens with one attached hydrogen (secondary N) is 1. The van der Waals surface area contributed by atoms with Crippen LogP contribution in [0, 0.1) is 0 Å². The van der Waals surface area contributed by atoms with E-state index in [4.69, 9.17) is 32.5 Å². The van der Waals surface area contributed by atoms with E-state index in [2.05, 4.69) is 33.6 Å². The first kappa shape index (κ1) is 27.3. The van der Waals surface area contributed by atoms with Crippen LogP contribution in [0.4, 0.5) is 10.5 Å². The number of aromatic nitrogens is 1. The molecule has 8 heteroatoms. The van der Waals surface area contributed by atoms with Crippen molar-refractivity contribution in [3.8, 4) is 11.3 Å². The van der Waals surface area contributed by atoms with Crippen molar-refractivity contribution in [2.24, 2.45) is 0 Å². The van der Waals surface area contributed by atoms with E-state index >= 15 is 0 Å². The Morgan fingerprint density at radius 1 is 0.927 bits per heavy atom. The van der Waals surface area contributed by atoms with Gasteiger partial charge < -0.3 is 19.5 Å². The predicted molar refractivity (Wildman–Crippen MR) is 162 cm³/mol. The number of anilines is 1. The third kappa shape index (κ3) is 5.63. The van der Waals surface area contributed by atoms with Gasteiger partial charge in [0, 0.05) is 34.8 Å². The number of piperidine rings is 1. The first-order valence-electron chi connectivity index (χ1n) is 15.3. The number of amides is 2. The minimum Gasteiger partial charge on any atom is -0.373 e. The van der Waals surface area contributed by atoms with Gasteiger partial charge in [0.1, 0.15) is 11.5 Å². The van der Waals surface area contributed by atoms with E-state index in [1.165, 1.54) is 37.7 Å². The molecule has 7 rings (SSSR count). The first-order chi connectivity index (χ1) is 20.0. The lowest BCUT2D eigenvalue weighted by Crippen LogP contribution is -2.50. The maximum absolute atomic E-state index is 13.5. The van der Waals surface area contributed by atoms with Crippen LogP contribution in [0.3, 0.4) is 0 Å². The van der Waals surface area contributed by atoms with Gasteiger partial charge in [0.25, 0.3) is 0 Å².